The van der Waals surface area contributed by atoms with Gasteiger partial charge in [-0.3, -0.25) is 9.89 Å². The molecule has 1 aliphatic heterocycles. The summed E-state index contributed by atoms with van der Waals surface area (Å²) >= 11 is 0. The number of piperazine rings is 1. The first-order valence-corrected chi connectivity index (χ1v) is 13.7. The van der Waals surface area contributed by atoms with Gasteiger partial charge in [-0.25, -0.2) is 4.98 Å². The van der Waals surface area contributed by atoms with Crippen LogP contribution in [0.1, 0.15) is 24.8 Å². The minimum Gasteiger partial charge on any atom is -0.458 e. The molecule has 11 heteroatoms. The van der Waals surface area contributed by atoms with Crippen molar-refractivity contribution >= 4 is 33.5 Å². The molecule has 2 fully saturated rings. The number of amides is 1. The van der Waals surface area contributed by atoms with Gasteiger partial charge in [0, 0.05) is 38.4 Å². The van der Waals surface area contributed by atoms with Crippen LogP contribution >= 0.6 is 0 Å². The van der Waals surface area contributed by atoms with E-state index in [0.29, 0.717) is 55.4 Å². The van der Waals surface area contributed by atoms with Crippen molar-refractivity contribution in [3.63, 3.8) is 0 Å². The molecule has 3 aromatic heterocycles. The van der Waals surface area contributed by atoms with Crippen LogP contribution in [0.3, 0.4) is 0 Å². The summed E-state index contributed by atoms with van der Waals surface area (Å²) in [4.78, 5) is 32.8. The highest BCUT2D eigenvalue weighted by Gasteiger charge is 2.32. The third-order valence-electron chi connectivity index (χ3n) is 7.91. The van der Waals surface area contributed by atoms with E-state index in [-0.39, 0.29) is 12.0 Å². The van der Waals surface area contributed by atoms with Crippen molar-refractivity contribution < 1.29 is 14.3 Å². The van der Waals surface area contributed by atoms with Crippen molar-refractivity contribution in [3.8, 4) is 17.6 Å². The van der Waals surface area contributed by atoms with Crippen LogP contribution in [0.25, 0.3) is 21.8 Å². The molecule has 1 aliphatic carbocycles. The van der Waals surface area contributed by atoms with Crippen LogP contribution in [0, 0.1) is 6.92 Å². The molecule has 0 spiro atoms. The zero-order valence-electron chi connectivity index (χ0n) is 23.1. The molecule has 2 aliphatic rings. The normalized spacial score (nSPS) is 19.5. The number of rotatable bonds is 7. The van der Waals surface area contributed by atoms with Crippen molar-refractivity contribution in [2.45, 2.75) is 38.3 Å². The molecule has 40 heavy (non-hydrogen) atoms. The second-order valence-electron chi connectivity index (χ2n) is 10.6. The number of aromatic nitrogens is 5. The Morgan fingerprint density at radius 1 is 1.12 bits per heavy atom. The number of H-pyrrole nitrogens is 1. The van der Waals surface area contributed by atoms with Gasteiger partial charge in [0.15, 0.2) is 0 Å². The average molecular weight is 543 g/mol. The Morgan fingerprint density at radius 3 is 2.73 bits per heavy atom. The highest BCUT2D eigenvalue weighted by Crippen LogP contribution is 2.37. The van der Waals surface area contributed by atoms with E-state index in [1.54, 1.807) is 17.3 Å². The van der Waals surface area contributed by atoms with Crippen LogP contribution in [0.4, 0.5) is 5.82 Å². The van der Waals surface area contributed by atoms with Crippen LogP contribution in [0.2, 0.25) is 0 Å². The molecule has 1 saturated carbocycles. The van der Waals surface area contributed by atoms with E-state index in [2.05, 4.69) is 45.7 Å². The predicted molar refractivity (Wildman–Crippen MR) is 153 cm³/mol. The molecule has 11 nitrogen and oxygen atoms in total. The fraction of sp³-hybridized carbons (Fsp3) is 0.414. The Bertz CT molecular complexity index is 1560. The maximum Gasteiger partial charge on any atom is 0.319 e. The largest absolute Gasteiger partial charge is 0.458 e. The summed E-state index contributed by atoms with van der Waals surface area (Å²) < 4.78 is 13.0. The van der Waals surface area contributed by atoms with Crippen molar-refractivity contribution in [1.82, 2.24) is 34.9 Å². The minimum absolute atomic E-state index is 0.00896. The third-order valence-corrected chi connectivity index (χ3v) is 7.91. The molecule has 1 amide bonds. The average Bonchev–Trinajstić information content (AvgIpc) is 3.64. The zero-order chi connectivity index (χ0) is 27.8. The molecular formula is C29H34N8O3. The lowest BCUT2D eigenvalue weighted by atomic mass is 10.1. The fourth-order valence-electron chi connectivity index (χ4n) is 5.73. The summed E-state index contributed by atoms with van der Waals surface area (Å²) in [6.07, 6.45) is 7.93. The number of aromatic amines is 1. The van der Waals surface area contributed by atoms with E-state index in [1.807, 2.05) is 25.1 Å². The van der Waals surface area contributed by atoms with Crippen LogP contribution in [0.15, 0.2) is 43.2 Å². The van der Waals surface area contributed by atoms with Crippen molar-refractivity contribution in [1.29, 1.82) is 0 Å². The Balaban J connectivity index is 1.42. The number of anilines is 1. The molecule has 4 aromatic rings. The van der Waals surface area contributed by atoms with Gasteiger partial charge in [-0.2, -0.15) is 15.1 Å². The SMILES string of the molecule is C=CC(=O)N1CCN(c2nc(O[C@@H]3CCCC3N(C)C)nc3c(Oc4c(C)ccc5[nH]ncc45)nccc23)CC1. The lowest BCUT2D eigenvalue weighted by molar-refractivity contribution is -0.126. The van der Waals surface area contributed by atoms with Crippen LogP contribution < -0.4 is 14.4 Å². The van der Waals surface area contributed by atoms with Crippen molar-refractivity contribution in [2.24, 2.45) is 0 Å². The number of hydrogen-bond donors (Lipinski definition) is 1. The van der Waals surface area contributed by atoms with Gasteiger partial charge >= 0.3 is 6.01 Å². The lowest BCUT2D eigenvalue weighted by Crippen LogP contribution is -2.48. The molecule has 2 atom stereocenters. The molecule has 0 bridgehead atoms. The summed E-state index contributed by atoms with van der Waals surface area (Å²) in [7, 11) is 4.16. The maximum atomic E-state index is 12.2. The highest BCUT2D eigenvalue weighted by molar-refractivity contribution is 5.94. The topological polar surface area (TPSA) is 113 Å². The number of aryl methyl sites for hydroxylation is 1. The summed E-state index contributed by atoms with van der Waals surface area (Å²) in [5.74, 6) is 1.74. The number of carbonyl (C=O) groups is 1. The Labute approximate surface area is 232 Å². The summed E-state index contributed by atoms with van der Waals surface area (Å²) in [5, 5.41) is 8.86. The first kappa shape index (κ1) is 26.0. The second kappa shape index (κ2) is 10.7. The summed E-state index contributed by atoms with van der Waals surface area (Å²) in [5.41, 5.74) is 2.41. The summed E-state index contributed by atoms with van der Waals surface area (Å²) in [6, 6.07) is 6.48. The van der Waals surface area contributed by atoms with Gasteiger partial charge in [0.05, 0.1) is 22.5 Å². The molecule has 1 saturated heterocycles. The molecular weight excluding hydrogens is 508 g/mol. The number of likely N-dealkylation sites (N-methyl/N-ethyl adjacent to an activating group) is 1. The molecule has 6 rings (SSSR count). The number of carbonyl (C=O) groups excluding carboxylic acids is 1. The van der Waals surface area contributed by atoms with Crippen molar-refractivity contribution in [3.05, 3.63) is 48.8 Å². The van der Waals surface area contributed by atoms with E-state index in [9.17, 15) is 4.79 Å². The van der Waals surface area contributed by atoms with Gasteiger partial charge in [0.2, 0.25) is 11.8 Å². The first-order chi connectivity index (χ1) is 19.4. The van der Waals surface area contributed by atoms with Gasteiger partial charge < -0.3 is 24.2 Å². The maximum absolute atomic E-state index is 12.2. The van der Waals surface area contributed by atoms with Gasteiger partial charge in [0.1, 0.15) is 23.2 Å². The van der Waals surface area contributed by atoms with Gasteiger partial charge in [-0.05, 0) is 64.1 Å². The van der Waals surface area contributed by atoms with Crippen LogP contribution in [-0.4, -0.2) is 93.3 Å². The number of ether oxygens (including phenoxy) is 2. The molecule has 1 unspecified atom stereocenters. The van der Waals surface area contributed by atoms with Crippen LogP contribution in [0.5, 0.6) is 17.6 Å². The van der Waals surface area contributed by atoms with Crippen LogP contribution in [-0.2, 0) is 4.79 Å². The number of benzene rings is 1. The van der Waals surface area contributed by atoms with E-state index in [1.165, 1.54) is 6.08 Å². The molecule has 208 valence electrons. The molecule has 4 heterocycles. The fourth-order valence-corrected chi connectivity index (χ4v) is 5.73. The van der Waals surface area contributed by atoms with Crippen molar-refractivity contribution in [2.75, 3.05) is 45.2 Å². The highest BCUT2D eigenvalue weighted by atomic mass is 16.5. The second-order valence-corrected chi connectivity index (χ2v) is 10.6. The first-order valence-electron chi connectivity index (χ1n) is 13.7. The van der Waals surface area contributed by atoms with E-state index in [0.717, 1.165) is 46.9 Å². The Morgan fingerprint density at radius 2 is 1.95 bits per heavy atom. The van der Waals surface area contributed by atoms with Gasteiger partial charge in [0.25, 0.3) is 0 Å². The zero-order valence-corrected chi connectivity index (χ0v) is 23.1. The Hall–Kier alpha value is -4.25. The van der Waals surface area contributed by atoms with E-state index >= 15 is 0 Å². The molecule has 1 N–H and O–H groups in total. The standard InChI is InChI=1S/C29H34N8O3/c1-5-24(38)36-13-15-37(16-14-36)27-19-11-12-30-28(40-26-18(2)9-10-21-20(26)17-31-34-21)25(19)32-29(33-27)39-23-8-6-7-22(23)35(3)4/h5,9-12,17,22-23H,1,6-8,13-16H2,2-4H3,(H,31,34)/t22?,23-/m1/s1. The number of fused-ring (bicyclic) bond motifs is 2. The van der Waals surface area contributed by atoms with Gasteiger partial charge in [-0.15, -0.1) is 0 Å². The van der Waals surface area contributed by atoms with E-state index in [4.69, 9.17) is 19.4 Å². The predicted octanol–water partition coefficient (Wildman–Crippen LogP) is 3.70. The quantitative estimate of drug-likeness (QED) is 0.349. The Kier molecular flexibility index (Phi) is 6.97. The lowest BCUT2D eigenvalue weighted by Gasteiger charge is -2.35. The molecule has 1 aromatic carbocycles. The molecule has 0 radical (unpaired) electrons. The smallest absolute Gasteiger partial charge is 0.319 e. The van der Waals surface area contributed by atoms with Gasteiger partial charge in [-0.1, -0.05) is 12.6 Å². The number of pyridine rings is 1. The number of nitrogens with zero attached hydrogens (tertiary/aromatic N) is 7. The third kappa shape index (κ3) is 4.81. The monoisotopic (exact) mass is 542 g/mol. The van der Waals surface area contributed by atoms with E-state index < -0.39 is 0 Å². The minimum atomic E-state index is -0.0594. The number of hydrogen-bond acceptors (Lipinski definition) is 9. The number of nitrogens with one attached hydrogen (secondary N) is 1. The summed E-state index contributed by atoms with van der Waals surface area (Å²) in [6.45, 7) is 8.03.